The number of hydrogen-bond donors (Lipinski definition) is 1. The molecule has 1 aliphatic heterocycles. The second kappa shape index (κ2) is 6.75. The van der Waals surface area contributed by atoms with Crippen molar-refractivity contribution in [1.29, 1.82) is 0 Å². The van der Waals surface area contributed by atoms with Crippen LogP contribution in [0.25, 0.3) is 0 Å². The smallest absolute Gasteiger partial charge is 0.00993 e. The molecule has 0 aromatic rings. The predicted molar refractivity (Wildman–Crippen MR) is 74.4 cm³/mol. The second-order valence-corrected chi connectivity index (χ2v) is 5.86. The summed E-state index contributed by atoms with van der Waals surface area (Å²) in [4.78, 5) is 2.85. The molecule has 0 spiro atoms. The van der Waals surface area contributed by atoms with Gasteiger partial charge in [-0.05, 0) is 58.0 Å². The Morgan fingerprint density at radius 1 is 1.00 bits per heavy atom. The summed E-state index contributed by atoms with van der Waals surface area (Å²) in [5.74, 6) is 0. The van der Waals surface area contributed by atoms with Crippen LogP contribution >= 0.6 is 0 Å². The summed E-state index contributed by atoms with van der Waals surface area (Å²) in [6.45, 7) is 7.10. The first-order valence-corrected chi connectivity index (χ1v) is 7.84. The van der Waals surface area contributed by atoms with Crippen molar-refractivity contribution in [2.75, 3.05) is 13.1 Å². The molecule has 0 aromatic carbocycles. The van der Waals surface area contributed by atoms with Crippen molar-refractivity contribution in [3.63, 3.8) is 0 Å². The number of nitrogens with one attached hydrogen (secondary N) is 1. The molecular formula is C15H30N2. The van der Waals surface area contributed by atoms with Crippen LogP contribution in [-0.4, -0.2) is 36.1 Å². The highest BCUT2D eigenvalue weighted by atomic mass is 15.2. The van der Waals surface area contributed by atoms with Gasteiger partial charge in [0, 0.05) is 18.1 Å². The van der Waals surface area contributed by atoms with Crippen molar-refractivity contribution in [3.8, 4) is 0 Å². The summed E-state index contributed by atoms with van der Waals surface area (Å²) in [7, 11) is 0. The molecule has 1 saturated carbocycles. The topological polar surface area (TPSA) is 15.3 Å². The van der Waals surface area contributed by atoms with Crippen molar-refractivity contribution in [2.24, 2.45) is 0 Å². The molecule has 1 unspecified atom stereocenters. The van der Waals surface area contributed by atoms with E-state index in [-0.39, 0.29) is 0 Å². The monoisotopic (exact) mass is 238 g/mol. The molecule has 1 aliphatic carbocycles. The lowest BCUT2D eigenvalue weighted by molar-refractivity contribution is 0.0649. The van der Waals surface area contributed by atoms with Gasteiger partial charge in [0.05, 0.1) is 0 Å². The van der Waals surface area contributed by atoms with Crippen LogP contribution in [0.3, 0.4) is 0 Å². The fraction of sp³-hybridized carbons (Fsp3) is 1.00. The summed E-state index contributed by atoms with van der Waals surface area (Å²) >= 11 is 0. The van der Waals surface area contributed by atoms with Gasteiger partial charge in [-0.1, -0.05) is 20.3 Å². The Hall–Kier alpha value is -0.0800. The molecule has 0 radical (unpaired) electrons. The third-order valence-electron chi connectivity index (χ3n) is 4.80. The molecular weight excluding hydrogens is 208 g/mol. The average molecular weight is 238 g/mol. The summed E-state index contributed by atoms with van der Waals surface area (Å²) < 4.78 is 0. The Morgan fingerprint density at radius 2 is 1.76 bits per heavy atom. The molecule has 100 valence electrons. The zero-order valence-corrected chi connectivity index (χ0v) is 11.8. The van der Waals surface area contributed by atoms with E-state index < -0.39 is 0 Å². The van der Waals surface area contributed by atoms with Crippen LogP contribution in [0.1, 0.15) is 65.2 Å². The maximum absolute atomic E-state index is 3.61. The summed E-state index contributed by atoms with van der Waals surface area (Å²) in [5.41, 5.74) is 0. The highest BCUT2D eigenvalue weighted by molar-refractivity contribution is 4.87. The number of nitrogens with zero attached hydrogens (tertiary/aromatic N) is 1. The third-order valence-corrected chi connectivity index (χ3v) is 4.80. The van der Waals surface area contributed by atoms with Gasteiger partial charge in [0.1, 0.15) is 0 Å². The van der Waals surface area contributed by atoms with E-state index >= 15 is 0 Å². The molecule has 2 rings (SSSR count). The molecule has 1 saturated heterocycles. The lowest BCUT2D eigenvalue weighted by atomic mass is 9.87. The van der Waals surface area contributed by atoms with Crippen LogP contribution in [0.2, 0.25) is 0 Å². The highest BCUT2D eigenvalue weighted by Crippen LogP contribution is 2.29. The zero-order chi connectivity index (χ0) is 12.1. The van der Waals surface area contributed by atoms with E-state index in [0.717, 1.165) is 24.7 Å². The molecule has 0 bridgehead atoms. The van der Waals surface area contributed by atoms with Crippen LogP contribution < -0.4 is 5.32 Å². The molecule has 0 amide bonds. The van der Waals surface area contributed by atoms with E-state index in [9.17, 15) is 0 Å². The number of piperidine rings is 1. The molecule has 1 atom stereocenters. The fourth-order valence-electron chi connectivity index (χ4n) is 3.84. The first-order valence-electron chi connectivity index (χ1n) is 7.84. The average Bonchev–Trinajstić information content (AvgIpc) is 2.40. The largest absolute Gasteiger partial charge is 0.314 e. The summed E-state index contributed by atoms with van der Waals surface area (Å²) in [5, 5.41) is 3.61. The van der Waals surface area contributed by atoms with Crippen molar-refractivity contribution in [2.45, 2.75) is 83.3 Å². The number of likely N-dealkylation sites (tertiary alicyclic amines) is 1. The Kier molecular flexibility index (Phi) is 5.30. The lowest BCUT2D eigenvalue weighted by Crippen LogP contribution is -2.49. The van der Waals surface area contributed by atoms with Crippen LogP contribution in [0.15, 0.2) is 0 Å². The Bertz CT molecular complexity index is 209. The molecule has 1 heterocycles. The van der Waals surface area contributed by atoms with E-state index in [4.69, 9.17) is 0 Å². The van der Waals surface area contributed by atoms with Gasteiger partial charge in [0.2, 0.25) is 0 Å². The van der Waals surface area contributed by atoms with E-state index in [0.29, 0.717) is 0 Å². The van der Waals surface area contributed by atoms with E-state index in [1.807, 2.05) is 0 Å². The first kappa shape index (κ1) is 13.4. The van der Waals surface area contributed by atoms with Gasteiger partial charge in [-0.25, -0.2) is 0 Å². The molecule has 2 nitrogen and oxygen atoms in total. The fourth-order valence-corrected chi connectivity index (χ4v) is 3.84. The van der Waals surface area contributed by atoms with Gasteiger partial charge in [-0.15, -0.1) is 0 Å². The van der Waals surface area contributed by atoms with Gasteiger partial charge in [-0.3, -0.25) is 4.90 Å². The molecule has 0 aromatic heterocycles. The van der Waals surface area contributed by atoms with Gasteiger partial charge in [-0.2, -0.15) is 0 Å². The number of hydrogen-bond acceptors (Lipinski definition) is 2. The molecule has 2 aliphatic rings. The van der Waals surface area contributed by atoms with Gasteiger partial charge >= 0.3 is 0 Å². The van der Waals surface area contributed by atoms with E-state index in [1.54, 1.807) is 0 Å². The van der Waals surface area contributed by atoms with Gasteiger partial charge < -0.3 is 5.32 Å². The third kappa shape index (κ3) is 3.45. The summed E-state index contributed by atoms with van der Waals surface area (Å²) in [6, 6.07) is 2.60. The Labute approximate surface area is 107 Å². The predicted octanol–water partition coefficient (Wildman–Crippen LogP) is 3.17. The highest BCUT2D eigenvalue weighted by Gasteiger charge is 2.30. The molecule has 17 heavy (non-hydrogen) atoms. The maximum Gasteiger partial charge on any atom is 0.00993 e. The molecule has 1 N–H and O–H groups in total. The number of rotatable bonds is 4. The second-order valence-electron chi connectivity index (χ2n) is 5.86. The van der Waals surface area contributed by atoms with Crippen LogP contribution in [0.5, 0.6) is 0 Å². The Morgan fingerprint density at radius 3 is 2.41 bits per heavy atom. The van der Waals surface area contributed by atoms with Crippen molar-refractivity contribution in [1.82, 2.24) is 10.2 Å². The van der Waals surface area contributed by atoms with Crippen LogP contribution in [-0.2, 0) is 0 Å². The minimum atomic E-state index is 0.807. The van der Waals surface area contributed by atoms with Crippen molar-refractivity contribution in [3.05, 3.63) is 0 Å². The molecule has 2 heteroatoms. The first-order chi connectivity index (χ1) is 8.35. The zero-order valence-electron chi connectivity index (χ0n) is 11.8. The van der Waals surface area contributed by atoms with Gasteiger partial charge in [0.15, 0.2) is 0 Å². The van der Waals surface area contributed by atoms with E-state index in [1.165, 1.54) is 57.9 Å². The van der Waals surface area contributed by atoms with Crippen LogP contribution in [0, 0.1) is 0 Å². The quantitative estimate of drug-likeness (QED) is 0.809. The minimum Gasteiger partial charge on any atom is -0.314 e. The van der Waals surface area contributed by atoms with E-state index in [2.05, 4.69) is 24.1 Å². The van der Waals surface area contributed by atoms with Gasteiger partial charge in [0.25, 0.3) is 0 Å². The minimum absolute atomic E-state index is 0.807. The van der Waals surface area contributed by atoms with Crippen LogP contribution in [0.4, 0.5) is 0 Å². The lowest BCUT2D eigenvalue weighted by Gasteiger charge is -2.44. The van der Waals surface area contributed by atoms with Crippen molar-refractivity contribution >= 4 is 0 Å². The molecule has 2 fully saturated rings. The maximum atomic E-state index is 3.61. The standard InChI is InChI=1S/C15H30N2/c1-3-14-7-5-6-12-17(14)15-10-8-13(9-11-15)16-4-2/h13-16H,3-12H2,1-2H3. The SMILES string of the molecule is CCNC1CCC(N2CCCCC2CC)CC1. The summed E-state index contributed by atoms with van der Waals surface area (Å²) in [6.07, 6.45) is 11.3. The normalized spacial score (nSPS) is 36.0. The van der Waals surface area contributed by atoms with Crippen molar-refractivity contribution < 1.29 is 0 Å². The Balaban J connectivity index is 1.82.